The van der Waals surface area contributed by atoms with Gasteiger partial charge < -0.3 is 15.4 Å². The second kappa shape index (κ2) is 6.32. The molecule has 5 nitrogen and oxygen atoms in total. The normalized spacial score (nSPS) is 15.0. The van der Waals surface area contributed by atoms with Crippen molar-refractivity contribution in [3.63, 3.8) is 0 Å². The molecule has 1 heterocycles. The lowest BCUT2D eigenvalue weighted by molar-refractivity contribution is -0.124. The number of fused-ring (bicyclic) bond motifs is 1. The smallest absolute Gasteiger partial charge is 0.225 e. The summed E-state index contributed by atoms with van der Waals surface area (Å²) in [6.07, 6.45) is 2.51. The van der Waals surface area contributed by atoms with E-state index in [0.29, 0.717) is 13.0 Å². The number of rotatable bonds is 5. The molecule has 0 aliphatic heterocycles. The largest absolute Gasteiger partial charge is 0.508 e. The molecule has 2 rings (SSSR count). The Labute approximate surface area is 134 Å². The number of phenols is 1. The Bertz CT molecular complexity index is 731. The molecule has 0 saturated heterocycles. The van der Waals surface area contributed by atoms with Crippen LogP contribution in [0, 0.1) is 17.2 Å². The molecule has 1 aromatic carbocycles. The molecule has 3 N–H and O–H groups in total. The third-order valence-corrected chi connectivity index (χ3v) is 4.39. The number of hydrogen-bond donors (Lipinski definition) is 4. The van der Waals surface area contributed by atoms with E-state index in [1.807, 2.05) is 18.3 Å². The minimum absolute atomic E-state index is 0.193. The first-order valence-electron chi connectivity index (χ1n) is 7.05. The van der Waals surface area contributed by atoms with Crippen molar-refractivity contribution >= 4 is 29.4 Å². The highest BCUT2D eigenvalue weighted by atomic mass is 32.1. The predicted molar refractivity (Wildman–Crippen MR) is 88.8 cm³/mol. The Kier molecular flexibility index (Phi) is 4.67. The van der Waals surface area contributed by atoms with Crippen molar-refractivity contribution in [2.24, 2.45) is 5.92 Å². The zero-order chi connectivity index (χ0) is 16.3. The Morgan fingerprint density at radius 3 is 3.00 bits per heavy atom. The summed E-state index contributed by atoms with van der Waals surface area (Å²) in [7, 11) is 0. The summed E-state index contributed by atoms with van der Waals surface area (Å²) >= 11 is 4.21. The fourth-order valence-electron chi connectivity index (χ4n) is 2.20. The highest BCUT2D eigenvalue weighted by Gasteiger charge is 2.32. The molecule has 0 radical (unpaired) electrons. The van der Waals surface area contributed by atoms with Gasteiger partial charge in [0.1, 0.15) is 10.5 Å². The maximum atomic E-state index is 12.0. The van der Waals surface area contributed by atoms with Gasteiger partial charge in [0.05, 0.1) is 12.0 Å². The van der Waals surface area contributed by atoms with Crippen LogP contribution in [-0.2, 0) is 11.2 Å². The average molecular weight is 317 g/mol. The second-order valence-electron chi connectivity index (χ2n) is 5.57. The summed E-state index contributed by atoms with van der Waals surface area (Å²) < 4.78 is -0.989. The van der Waals surface area contributed by atoms with Crippen LogP contribution in [0.1, 0.15) is 19.4 Å². The molecule has 2 unspecified atom stereocenters. The van der Waals surface area contributed by atoms with E-state index in [1.54, 1.807) is 26.0 Å². The number of carbonyl (C=O) groups is 1. The molecule has 0 fully saturated rings. The number of aromatic hydroxyl groups is 1. The van der Waals surface area contributed by atoms with Crippen molar-refractivity contribution in [3.05, 3.63) is 30.0 Å². The van der Waals surface area contributed by atoms with Crippen molar-refractivity contribution < 1.29 is 9.90 Å². The van der Waals surface area contributed by atoms with Crippen LogP contribution >= 0.6 is 12.6 Å². The maximum absolute atomic E-state index is 12.0. The number of benzene rings is 1. The van der Waals surface area contributed by atoms with Crippen LogP contribution in [0.5, 0.6) is 5.75 Å². The quantitative estimate of drug-likeness (QED) is 0.638. The number of phenolic OH excluding ortho intramolecular Hbond substituents is 1. The number of thiol groups is 1. The Hall–Kier alpha value is -2.13. The van der Waals surface area contributed by atoms with E-state index in [9.17, 15) is 9.90 Å². The predicted octanol–water partition coefficient (Wildman–Crippen LogP) is 2.38. The van der Waals surface area contributed by atoms with E-state index < -0.39 is 10.7 Å². The Morgan fingerprint density at radius 2 is 2.32 bits per heavy atom. The number of hydrogen-bond acceptors (Lipinski definition) is 4. The third-order valence-electron chi connectivity index (χ3n) is 3.91. The summed E-state index contributed by atoms with van der Waals surface area (Å²) in [5.74, 6) is -0.486. The molecule has 0 aliphatic rings. The van der Waals surface area contributed by atoms with Gasteiger partial charge in [-0.15, -0.1) is 0 Å². The first-order valence-corrected chi connectivity index (χ1v) is 7.50. The molecular formula is C16H19N3O2S. The lowest BCUT2D eigenvalue weighted by Gasteiger charge is -2.22. The van der Waals surface area contributed by atoms with Crippen LogP contribution in [0.25, 0.3) is 10.9 Å². The molecule has 1 amide bonds. The van der Waals surface area contributed by atoms with Crippen LogP contribution < -0.4 is 5.32 Å². The molecule has 6 heteroatoms. The van der Waals surface area contributed by atoms with Crippen LogP contribution in [0.15, 0.2) is 24.4 Å². The van der Waals surface area contributed by atoms with Gasteiger partial charge in [-0.3, -0.25) is 4.79 Å². The number of nitrogens with one attached hydrogen (secondary N) is 2. The summed E-state index contributed by atoms with van der Waals surface area (Å²) in [6, 6.07) is 7.17. The van der Waals surface area contributed by atoms with Gasteiger partial charge in [0, 0.05) is 23.6 Å². The number of carbonyl (C=O) groups excluding carboxylic acids is 1. The monoisotopic (exact) mass is 317 g/mol. The third kappa shape index (κ3) is 3.37. The van der Waals surface area contributed by atoms with Gasteiger partial charge in [-0.1, -0.05) is 6.92 Å². The number of aromatic amines is 1. The maximum Gasteiger partial charge on any atom is 0.225 e. The van der Waals surface area contributed by atoms with Crippen molar-refractivity contribution in [2.75, 3.05) is 6.54 Å². The molecule has 0 saturated carbocycles. The van der Waals surface area contributed by atoms with Crippen LogP contribution in [0.2, 0.25) is 0 Å². The molecule has 116 valence electrons. The van der Waals surface area contributed by atoms with E-state index >= 15 is 0 Å². The fourth-order valence-corrected chi connectivity index (χ4v) is 2.32. The molecule has 0 aliphatic carbocycles. The first kappa shape index (κ1) is 16.2. The lowest BCUT2D eigenvalue weighted by Crippen LogP contribution is -2.40. The van der Waals surface area contributed by atoms with Gasteiger partial charge in [0.15, 0.2) is 0 Å². The Balaban J connectivity index is 1.97. The van der Waals surface area contributed by atoms with Gasteiger partial charge >= 0.3 is 0 Å². The lowest BCUT2D eigenvalue weighted by atomic mass is 9.95. The minimum Gasteiger partial charge on any atom is -0.508 e. The summed E-state index contributed by atoms with van der Waals surface area (Å²) in [5.41, 5.74) is 1.97. The molecule has 0 spiro atoms. The van der Waals surface area contributed by atoms with Crippen molar-refractivity contribution in [1.82, 2.24) is 10.3 Å². The van der Waals surface area contributed by atoms with E-state index in [0.717, 1.165) is 16.5 Å². The topological polar surface area (TPSA) is 88.9 Å². The molecular weight excluding hydrogens is 298 g/mol. The van der Waals surface area contributed by atoms with Gasteiger partial charge in [0.25, 0.3) is 0 Å². The van der Waals surface area contributed by atoms with E-state index in [1.165, 1.54) is 0 Å². The number of nitriles is 1. The van der Waals surface area contributed by atoms with Crippen molar-refractivity contribution in [1.29, 1.82) is 5.26 Å². The van der Waals surface area contributed by atoms with Gasteiger partial charge in [0.2, 0.25) is 5.91 Å². The van der Waals surface area contributed by atoms with Gasteiger partial charge in [-0.25, -0.2) is 0 Å². The van der Waals surface area contributed by atoms with Crippen LogP contribution in [0.4, 0.5) is 0 Å². The average Bonchev–Trinajstić information content (AvgIpc) is 2.88. The molecule has 1 aromatic heterocycles. The SMILES string of the molecule is CC(C(=O)NCCc1c[nH]c2ccc(O)cc12)C(C)(S)C#N. The summed E-state index contributed by atoms with van der Waals surface area (Å²) in [5, 5.41) is 22.3. The number of amides is 1. The molecule has 2 aromatic rings. The minimum atomic E-state index is -0.989. The van der Waals surface area contributed by atoms with E-state index in [2.05, 4.69) is 22.9 Å². The molecule has 22 heavy (non-hydrogen) atoms. The second-order valence-corrected chi connectivity index (χ2v) is 6.49. The van der Waals surface area contributed by atoms with Crippen LogP contribution in [0.3, 0.4) is 0 Å². The first-order chi connectivity index (χ1) is 10.3. The highest BCUT2D eigenvalue weighted by Crippen LogP contribution is 2.24. The number of H-pyrrole nitrogens is 1. The fraction of sp³-hybridized carbons (Fsp3) is 0.375. The molecule has 2 atom stereocenters. The zero-order valence-corrected chi connectivity index (χ0v) is 13.4. The zero-order valence-electron chi connectivity index (χ0n) is 12.6. The van der Waals surface area contributed by atoms with Crippen molar-refractivity contribution in [2.45, 2.75) is 25.0 Å². The summed E-state index contributed by atoms with van der Waals surface area (Å²) in [6.45, 7) is 3.78. The molecule has 0 bridgehead atoms. The number of nitrogens with zero attached hydrogens (tertiary/aromatic N) is 1. The number of aromatic nitrogens is 1. The van der Waals surface area contributed by atoms with Crippen molar-refractivity contribution in [3.8, 4) is 11.8 Å². The van der Waals surface area contributed by atoms with Gasteiger partial charge in [-0.05, 0) is 37.1 Å². The summed E-state index contributed by atoms with van der Waals surface area (Å²) in [4.78, 5) is 15.2. The van der Waals surface area contributed by atoms with Crippen LogP contribution in [-0.4, -0.2) is 27.3 Å². The highest BCUT2D eigenvalue weighted by molar-refractivity contribution is 7.82. The van der Waals surface area contributed by atoms with Gasteiger partial charge in [-0.2, -0.15) is 17.9 Å². The standard InChI is InChI=1S/C16H19N3O2S/c1-10(16(2,22)9-17)15(21)18-6-5-11-8-19-14-4-3-12(20)7-13(11)14/h3-4,7-8,10,19-20,22H,5-6H2,1-2H3,(H,18,21). The van der Waals surface area contributed by atoms with E-state index in [-0.39, 0.29) is 11.7 Å². The van der Waals surface area contributed by atoms with E-state index in [4.69, 9.17) is 5.26 Å². The Morgan fingerprint density at radius 1 is 1.59 bits per heavy atom.